The monoisotopic (exact) mass is 453 g/mol. The highest BCUT2D eigenvalue weighted by atomic mass is 32.2. The van der Waals surface area contributed by atoms with Gasteiger partial charge in [0.1, 0.15) is 5.75 Å². The van der Waals surface area contributed by atoms with Crippen molar-refractivity contribution in [2.45, 2.75) is 49.9 Å². The zero-order chi connectivity index (χ0) is 22.2. The molecular weight excluding hydrogens is 427 g/mol. The normalized spacial score (nSPS) is 20.2. The lowest BCUT2D eigenvalue weighted by molar-refractivity contribution is -0.137. The Balaban J connectivity index is 1.37. The smallest absolute Gasteiger partial charge is 0.416 e. The van der Waals surface area contributed by atoms with Crippen LogP contribution in [-0.4, -0.2) is 38.3 Å². The van der Waals surface area contributed by atoms with Gasteiger partial charge in [0.25, 0.3) is 0 Å². The van der Waals surface area contributed by atoms with Crippen molar-refractivity contribution in [2.24, 2.45) is 5.92 Å². The van der Waals surface area contributed by atoms with E-state index in [0.29, 0.717) is 31.2 Å². The van der Waals surface area contributed by atoms with Crippen molar-refractivity contribution < 1.29 is 26.3 Å². The lowest BCUT2D eigenvalue weighted by Gasteiger charge is -2.17. The molecule has 1 aliphatic heterocycles. The van der Waals surface area contributed by atoms with E-state index in [2.05, 4.69) is 4.90 Å². The number of aryl methyl sites for hydroxylation is 1. The molecule has 1 atom stereocenters. The Kier molecular flexibility index (Phi) is 6.05. The van der Waals surface area contributed by atoms with Gasteiger partial charge in [0.2, 0.25) is 0 Å². The number of sulfone groups is 1. The van der Waals surface area contributed by atoms with Crippen LogP contribution in [0.2, 0.25) is 0 Å². The predicted molar refractivity (Wildman–Crippen MR) is 112 cm³/mol. The molecule has 1 heterocycles. The first kappa shape index (κ1) is 22.1. The minimum atomic E-state index is -4.57. The third-order valence-electron chi connectivity index (χ3n) is 5.83. The molecule has 1 aliphatic carbocycles. The van der Waals surface area contributed by atoms with Gasteiger partial charge in [0, 0.05) is 13.1 Å². The Labute approximate surface area is 180 Å². The summed E-state index contributed by atoms with van der Waals surface area (Å²) in [6.45, 7) is 3.62. The van der Waals surface area contributed by atoms with E-state index in [4.69, 9.17) is 4.74 Å². The maximum absolute atomic E-state index is 13.0. The molecule has 0 aromatic heterocycles. The summed E-state index contributed by atoms with van der Waals surface area (Å²) in [7, 11) is -3.81. The van der Waals surface area contributed by atoms with Crippen molar-refractivity contribution in [1.29, 1.82) is 0 Å². The Morgan fingerprint density at radius 2 is 1.77 bits per heavy atom. The van der Waals surface area contributed by atoms with Gasteiger partial charge in [-0.3, -0.25) is 4.90 Å². The molecule has 31 heavy (non-hydrogen) atoms. The highest BCUT2D eigenvalue weighted by Crippen LogP contribution is 2.33. The van der Waals surface area contributed by atoms with Crippen LogP contribution in [0.5, 0.6) is 5.75 Å². The molecule has 8 heteroatoms. The number of nitrogens with zero attached hydrogens (tertiary/aromatic N) is 1. The number of ether oxygens (including phenoxy) is 1. The quantitative estimate of drug-likeness (QED) is 0.601. The molecule has 0 spiro atoms. The summed E-state index contributed by atoms with van der Waals surface area (Å²) in [6.07, 6.45) is -1.28. The van der Waals surface area contributed by atoms with E-state index in [1.54, 1.807) is 0 Å². The fourth-order valence-electron chi connectivity index (χ4n) is 4.01. The topological polar surface area (TPSA) is 46.6 Å². The molecular formula is C23H26F3NO3S. The van der Waals surface area contributed by atoms with Crippen molar-refractivity contribution in [1.82, 2.24) is 4.90 Å². The summed E-state index contributed by atoms with van der Waals surface area (Å²) in [6, 6.07) is 10.9. The molecule has 1 saturated heterocycles. The van der Waals surface area contributed by atoms with Crippen LogP contribution in [0.3, 0.4) is 0 Å². The SMILES string of the molecule is Cc1ccc(C(F)(F)F)cc1S(=O)(=O)C[C@@H]1CCN(Cc2ccc(OC3CC3)cc2)C1. The molecule has 4 rings (SSSR count). The fourth-order valence-corrected chi connectivity index (χ4v) is 5.95. The third kappa shape index (κ3) is 5.60. The number of likely N-dealkylation sites (tertiary alicyclic amines) is 1. The highest BCUT2D eigenvalue weighted by Gasteiger charge is 2.34. The highest BCUT2D eigenvalue weighted by molar-refractivity contribution is 7.91. The van der Waals surface area contributed by atoms with Crippen LogP contribution >= 0.6 is 0 Å². The Morgan fingerprint density at radius 1 is 1.06 bits per heavy atom. The van der Waals surface area contributed by atoms with Gasteiger partial charge in [-0.25, -0.2) is 8.42 Å². The Morgan fingerprint density at radius 3 is 2.42 bits per heavy atom. The third-order valence-corrected chi connectivity index (χ3v) is 7.85. The van der Waals surface area contributed by atoms with E-state index in [1.807, 2.05) is 24.3 Å². The van der Waals surface area contributed by atoms with Crippen LogP contribution in [-0.2, 0) is 22.6 Å². The maximum Gasteiger partial charge on any atom is 0.416 e. The van der Waals surface area contributed by atoms with Crippen molar-refractivity contribution in [2.75, 3.05) is 18.8 Å². The molecule has 2 aromatic carbocycles. The second kappa shape index (κ2) is 8.47. The Bertz CT molecular complexity index is 1030. The van der Waals surface area contributed by atoms with E-state index < -0.39 is 21.6 Å². The molecule has 2 fully saturated rings. The van der Waals surface area contributed by atoms with E-state index in [0.717, 1.165) is 42.8 Å². The van der Waals surface area contributed by atoms with Crippen LogP contribution in [0.1, 0.15) is 36.0 Å². The summed E-state index contributed by atoms with van der Waals surface area (Å²) in [5, 5.41) is 0. The number of rotatable bonds is 7. The van der Waals surface area contributed by atoms with Crippen molar-refractivity contribution >= 4 is 9.84 Å². The van der Waals surface area contributed by atoms with Gasteiger partial charge in [0.15, 0.2) is 9.84 Å². The van der Waals surface area contributed by atoms with Gasteiger partial charge in [-0.1, -0.05) is 18.2 Å². The molecule has 2 aromatic rings. The standard InChI is InChI=1S/C23H26F3NO3S/c1-16-2-5-19(23(24,25)26)12-22(16)31(28,29)15-18-10-11-27(14-18)13-17-3-6-20(7-4-17)30-21-8-9-21/h2-7,12,18,21H,8-11,13-15H2,1H3/t18-/m1/s1. The molecule has 168 valence electrons. The van der Waals surface area contributed by atoms with Gasteiger partial charge in [-0.05, 0) is 74.0 Å². The van der Waals surface area contributed by atoms with Crippen LogP contribution in [0.4, 0.5) is 13.2 Å². The Hall–Kier alpha value is -2.06. The summed E-state index contributed by atoms with van der Waals surface area (Å²) >= 11 is 0. The van der Waals surface area contributed by atoms with E-state index in [1.165, 1.54) is 13.0 Å². The zero-order valence-electron chi connectivity index (χ0n) is 17.4. The molecule has 2 aliphatic rings. The van der Waals surface area contributed by atoms with Gasteiger partial charge < -0.3 is 4.74 Å². The summed E-state index contributed by atoms with van der Waals surface area (Å²) in [5.74, 6) is 0.629. The summed E-state index contributed by atoms with van der Waals surface area (Å²) in [5.41, 5.74) is 0.538. The molecule has 0 N–H and O–H groups in total. The van der Waals surface area contributed by atoms with Gasteiger partial charge >= 0.3 is 6.18 Å². The van der Waals surface area contributed by atoms with Crippen molar-refractivity contribution in [3.63, 3.8) is 0 Å². The second-order valence-corrected chi connectivity index (χ2v) is 10.6. The first-order chi connectivity index (χ1) is 14.6. The largest absolute Gasteiger partial charge is 0.490 e. The van der Waals surface area contributed by atoms with Crippen molar-refractivity contribution in [3.05, 3.63) is 59.2 Å². The molecule has 0 amide bonds. The minimum absolute atomic E-state index is 0.101. The van der Waals surface area contributed by atoms with Crippen LogP contribution in [0, 0.1) is 12.8 Å². The molecule has 1 saturated carbocycles. The molecule has 0 radical (unpaired) electrons. The van der Waals surface area contributed by atoms with Crippen LogP contribution in [0.15, 0.2) is 47.4 Å². The lowest BCUT2D eigenvalue weighted by atomic mass is 10.1. The fraction of sp³-hybridized carbons (Fsp3) is 0.478. The van der Waals surface area contributed by atoms with Crippen LogP contribution in [0.25, 0.3) is 0 Å². The average molecular weight is 454 g/mol. The first-order valence-corrected chi connectivity index (χ1v) is 12.1. The molecule has 4 nitrogen and oxygen atoms in total. The second-order valence-electron chi connectivity index (χ2n) is 8.61. The predicted octanol–water partition coefficient (Wildman–Crippen LogP) is 4.85. The molecule has 0 bridgehead atoms. The minimum Gasteiger partial charge on any atom is -0.490 e. The number of alkyl halides is 3. The van der Waals surface area contributed by atoms with Gasteiger partial charge in [0.05, 0.1) is 22.3 Å². The van der Waals surface area contributed by atoms with E-state index in [9.17, 15) is 21.6 Å². The summed E-state index contributed by atoms with van der Waals surface area (Å²) < 4.78 is 70.6. The maximum atomic E-state index is 13.0. The average Bonchev–Trinajstić information content (AvgIpc) is 3.40. The number of hydrogen-bond donors (Lipinski definition) is 0. The van der Waals surface area contributed by atoms with E-state index >= 15 is 0 Å². The number of benzene rings is 2. The van der Waals surface area contributed by atoms with Crippen molar-refractivity contribution in [3.8, 4) is 5.75 Å². The number of hydrogen-bond acceptors (Lipinski definition) is 4. The van der Waals surface area contributed by atoms with Crippen LogP contribution < -0.4 is 4.74 Å². The van der Waals surface area contributed by atoms with E-state index in [-0.39, 0.29) is 16.6 Å². The van der Waals surface area contributed by atoms with Gasteiger partial charge in [-0.15, -0.1) is 0 Å². The van der Waals surface area contributed by atoms with Gasteiger partial charge in [-0.2, -0.15) is 13.2 Å². The lowest BCUT2D eigenvalue weighted by Crippen LogP contribution is -2.23. The summed E-state index contributed by atoms with van der Waals surface area (Å²) in [4.78, 5) is 1.97. The zero-order valence-corrected chi connectivity index (χ0v) is 18.2. The number of halogens is 3. The molecule has 0 unspecified atom stereocenters. The first-order valence-electron chi connectivity index (χ1n) is 10.5.